The summed E-state index contributed by atoms with van der Waals surface area (Å²) in [6, 6.07) is 16.4. The molecule has 0 aliphatic carbocycles. The molecule has 0 bridgehead atoms. The Morgan fingerprint density at radius 1 is 1.21 bits per heavy atom. The summed E-state index contributed by atoms with van der Waals surface area (Å²) in [6.07, 6.45) is 5.59. The molecular weight excluding hydrogens is 298 g/mol. The van der Waals surface area contributed by atoms with Crippen molar-refractivity contribution in [1.29, 1.82) is 0 Å². The minimum absolute atomic E-state index is 0.0601. The second-order valence-electron chi connectivity index (χ2n) is 6.18. The van der Waals surface area contributed by atoms with Crippen molar-refractivity contribution in [3.8, 4) is 5.75 Å². The van der Waals surface area contributed by atoms with Crippen LogP contribution in [0.5, 0.6) is 5.75 Å². The number of ether oxygens (including phenoxy) is 1. The molecule has 0 aromatic heterocycles. The predicted molar refractivity (Wildman–Crippen MR) is 96.9 cm³/mol. The second kappa shape index (κ2) is 7.35. The summed E-state index contributed by atoms with van der Waals surface area (Å²) >= 11 is 0. The van der Waals surface area contributed by atoms with Gasteiger partial charge in [-0.2, -0.15) is 0 Å². The van der Waals surface area contributed by atoms with E-state index in [0.717, 1.165) is 36.3 Å². The van der Waals surface area contributed by atoms with Crippen LogP contribution in [0.3, 0.4) is 0 Å². The van der Waals surface area contributed by atoms with Crippen molar-refractivity contribution in [3.05, 3.63) is 71.3 Å². The normalized spacial score (nSPS) is 17.4. The van der Waals surface area contributed by atoms with E-state index in [1.54, 1.807) is 13.2 Å². The molecule has 1 amide bonds. The van der Waals surface area contributed by atoms with E-state index in [-0.39, 0.29) is 11.9 Å². The van der Waals surface area contributed by atoms with Gasteiger partial charge in [0.25, 0.3) is 0 Å². The predicted octanol–water partition coefficient (Wildman–Crippen LogP) is 4.38. The van der Waals surface area contributed by atoms with Gasteiger partial charge in [0.2, 0.25) is 5.91 Å². The van der Waals surface area contributed by atoms with Crippen LogP contribution in [-0.2, 0) is 4.79 Å². The number of amides is 1. The van der Waals surface area contributed by atoms with Crippen molar-refractivity contribution in [2.45, 2.75) is 25.8 Å². The third-order valence-corrected chi connectivity index (χ3v) is 4.51. The molecule has 0 N–H and O–H groups in total. The lowest BCUT2D eigenvalue weighted by Gasteiger charge is -2.23. The highest BCUT2D eigenvalue weighted by molar-refractivity contribution is 5.92. The molecule has 1 aliphatic rings. The molecular formula is C21H23NO2. The van der Waals surface area contributed by atoms with Crippen molar-refractivity contribution >= 4 is 12.0 Å². The lowest BCUT2D eigenvalue weighted by Crippen LogP contribution is -2.28. The highest BCUT2D eigenvalue weighted by Crippen LogP contribution is 2.32. The lowest BCUT2D eigenvalue weighted by molar-refractivity contribution is -0.126. The Hall–Kier alpha value is -2.55. The summed E-state index contributed by atoms with van der Waals surface area (Å²) in [6.45, 7) is 2.85. The van der Waals surface area contributed by atoms with Crippen LogP contribution in [0.2, 0.25) is 0 Å². The summed E-state index contributed by atoms with van der Waals surface area (Å²) in [4.78, 5) is 14.7. The Labute approximate surface area is 143 Å². The monoisotopic (exact) mass is 321 g/mol. The molecule has 2 aromatic rings. The minimum atomic E-state index is 0.0601. The standard InChI is InChI=1S/C21H23NO2/c1-16-10-12-20(24-2)18(15-16)11-13-21(23)22-14-6-9-19(22)17-7-4-3-5-8-17/h3-5,7-8,10-13,15,19H,6,9,14H2,1-2H3. The molecule has 0 radical (unpaired) electrons. The van der Waals surface area contributed by atoms with Gasteiger partial charge in [0.05, 0.1) is 13.2 Å². The maximum Gasteiger partial charge on any atom is 0.247 e. The van der Waals surface area contributed by atoms with Crippen LogP contribution in [-0.4, -0.2) is 24.5 Å². The molecule has 3 rings (SSSR count). The minimum Gasteiger partial charge on any atom is -0.496 e. The van der Waals surface area contributed by atoms with Gasteiger partial charge in [0, 0.05) is 18.2 Å². The third-order valence-electron chi connectivity index (χ3n) is 4.51. The molecule has 1 unspecified atom stereocenters. The molecule has 1 saturated heterocycles. The number of likely N-dealkylation sites (tertiary alicyclic amines) is 1. The second-order valence-corrected chi connectivity index (χ2v) is 6.18. The largest absolute Gasteiger partial charge is 0.496 e. The van der Waals surface area contributed by atoms with Gasteiger partial charge in [-0.1, -0.05) is 42.0 Å². The summed E-state index contributed by atoms with van der Waals surface area (Å²) < 4.78 is 5.37. The number of nitrogens with zero attached hydrogens (tertiary/aromatic N) is 1. The van der Waals surface area contributed by atoms with Crippen LogP contribution in [0.1, 0.15) is 35.6 Å². The number of benzene rings is 2. The number of aryl methyl sites for hydroxylation is 1. The van der Waals surface area contributed by atoms with E-state index < -0.39 is 0 Å². The zero-order valence-corrected chi connectivity index (χ0v) is 14.2. The fourth-order valence-corrected chi connectivity index (χ4v) is 3.29. The van der Waals surface area contributed by atoms with Gasteiger partial charge in [0.15, 0.2) is 0 Å². The van der Waals surface area contributed by atoms with Gasteiger partial charge in [-0.25, -0.2) is 0 Å². The highest BCUT2D eigenvalue weighted by atomic mass is 16.5. The van der Waals surface area contributed by atoms with Crippen molar-refractivity contribution in [3.63, 3.8) is 0 Å². The Balaban J connectivity index is 1.78. The van der Waals surface area contributed by atoms with Crippen LogP contribution >= 0.6 is 0 Å². The Bertz CT molecular complexity index is 737. The number of methoxy groups -OCH3 is 1. The van der Waals surface area contributed by atoms with Crippen LogP contribution in [0.25, 0.3) is 6.08 Å². The first-order valence-electron chi connectivity index (χ1n) is 8.37. The number of carbonyl (C=O) groups excluding carboxylic acids is 1. The quantitative estimate of drug-likeness (QED) is 0.782. The maximum atomic E-state index is 12.7. The third kappa shape index (κ3) is 3.51. The van der Waals surface area contributed by atoms with E-state index in [1.807, 2.05) is 54.3 Å². The molecule has 1 aliphatic heterocycles. The Kier molecular flexibility index (Phi) is 4.99. The molecule has 1 fully saturated rings. The van der Waals surface area contributed by atoms with Gasteiger partial charge >= 0.3 is 0 Å². The number of hydrogen-bond donors (Lipinski definition) is 0. The summed E-state index contributed by atoms with van der Waals surface area (Å²) in [7, 11) is 1.65. The van der Waals surface area contributed by atoms with E-state index >= 15 is 0 Å². The average molecular weight is 321 g/mol. The molecule has 3 nitrogen and oxygen atoms in total. The zero-order chi connectivity index (χ0) is 16.9. The number of carbonyl (C=O) groups is 1. The van der Waals surface area contributed by atoms with Gasteiger partial charge < -0.3 is 9.64 Å². The van der Waals surface area contributed by atoms with Crippen molar-refractivity contribution in [2.75, 3.05) is 13.7 Å². The Morgan fingerprint density at radius 2 is 2.00 bits per heavy atom. The van der Waals surface area contributed by atoms with E-state index in [4.69, 9.17) is 4.74 Å². The van der Waals surface area contributed by atoms with Crippen LogP contribution in [0.4, 0.5) is 0 Å². The zero-order valence-electron chi connectivity index (χ0n) is 14.2. The molecule has 24 heavy (non-hydrogen) atoms. The van der Waals surface area contributed by atoms with E-state index in [0.29, 0.717) is 0 Å². The van der Waals surface area contributed by atoms with Crippen LogP contribution in [0, 0.1) is 6.92 Å². The van der Waals surface area contributed by atoms with Gasteiger partial charge in [0.1, 0.15) is 5.75 Å². The first kappa shape index (κ1) is 16.3. The van der Waals surface area contributed by atoms with Crippen LogP contribution < -0.4 is 4.74 Å². The fraction of sp³-hybridized carbons (Fsp3) is 0.286. The first-order valence-corrected chi connectivity index (χ1v) is 8.37. The smallest absolute Gasteiger partial charge is 0.247 e. The SMILES string of the molecule is COc1ccc(C)cc1C=CC(=O)N1CCCC1c1ccccc1. The van der Waals surface area contributed by atoms with Gasteiger partial charge in [-0.05, 0) is 43.5 Å². The van der Waals surface area contributed by atoms with Crippen molar-refractivity contribution < 1.29 is 9.53 Å². The molecule has 3 heteroatoms. The summed E-state index contributed by atoms with van der Waals surface area (Å²) in [5.41, 5.74) is 3.29. The fourth-order valence-electron chi connectivity index (χ4n) is 3.29. The Morgan fingerprint density at radius 3 is 2.75 bits per heavy atom. The maximum absolute atomic E-state index is 12.7. The molecule has 2 aromatic carbocycles. The van der Waals surface area contributed by atoms with Gasteiger partial charge in [-0.3, -0.25) is 4.79 Å². The van der Waals surface area contributed by atoms with E-state index in [2.05, 4.69) is 12.1 Å². The van der Waals surface area contributed by atoms with Crippen molar-refractivity contribution in [2.24, 2.45) is 0 Å². The van der Waals surface area contributed by atoms with Gasteiger partial charge in [-0.15, -0.1) is 0 Å². The van der Waals surface area contributed by atoms with E-state index in [1.165, 1.54) is 5.56 Å². The van der Waals surface area contributed by atoms with Crippen molar-refractivity contribution in [1.82, 2.24) is 4.90 Å². The first-order chi connectivity index (χ1) is 11.7. The molecule has 1 heterocycles. The summed E-state index contributed by atoms with van der Waals surface area (Å²) in [5.74, 6) is 0.843. The number of hydrogen-bond acceptors (Lipinski definition) is 2. The summed E-state index contributed by atoms with van der Waals surface area (Å²) in [5, 5.41) is 0. The highest BCUT2D eigenvalue weighted by Gasteiger charge is 2.28. The van der Waals surface area contributed by atoms with E-state index in [9.17, 15) is 4.79 Å². The topological polar surface area (TPSA) is 29.5 Å². The van der Waals surface area contributed by atoms with Crippen LogP contribution in [0.15, 0.2) is 54.6 Å². The number of rotatable bonds is 4. The molecule has 0 saturated carbocycles. The lowest BCUT2D eigenvalue weighted by atomic mass is 10.0. The average Bonchev–Trinajstić information content (AvgIpc) is 3.10. The molecule has 1 atom stereocenters. The molecule has 124 valence electrons. The molecule has 0 spiro atoms.